The average molecular weight is 314 g/mol. The number of nitrogens with zero attached hydrogens (tertiary/aromatic N) is 1. The number of sulfonamides is 1. The van der Waals surface area contributed by atoms with Crippen LogP contribution < -0.4 is 5.14 Å². The van der Waals surface area contributed by atoms with Gasteiger partial charge in [-0.15, -0.1) is 11.8 Å². The lowest BCUT2D eigenvalue weighted by Crippen LogP contribution is -2.31. The Morgan fingerprint density at radius 3 is 2.80 bits per heavy atom. The van der Waals surface area contributed by atoms with E-state index >= 15 is 0 Å². The van der Waals surface area contributed by atoms with Gasteiger partial charge in [-0.2, -0.15) is 0 Å². The van der Waals surface area contributed by atoms with Gasteiger partial charge in [0, 0.05) is 18.0 Å². The number of hydrogen-bond donors (Lipinski definition) is 1. The van der Waals surface area contributed by atoms with Gasteiger partial charge in [-0.3, -0.25) is 4.79 Å². The third-order valence-corrected chi connectivity index (χ3v) is 5.11. The highest BCUT2D eigenvalue weighted by Crippen LogP contribution is 2.25. The van der Waals surface area contributed by atoms with E-state index in [9.17, 15) is 13.2 Å². The quantitative estimate of drug-likeness (QED) is 0.846. The van der Waals surface area contributed by atoms with Crippen LogP contribution in [0.25, 0.3) is 0 Å². The standard InChI is InChI=1S/C13H18N2O3S2/c1-19-12-5-3-2-4-11(12)13(16)15-7-6-10(8-15)9-20(14,17)18/h2-5,10H,6-9H2,1H3,(H2,14,17,18)/t10-/m1/s1. The van der Waals surface area contributed by atoms with Crippen LogP contribution in [0.3, 0.4) is 0 Å². The number of carbonyl (C=O) groups excluding carboxylic acids is 1. The number of hydrogen-bond acceptors (Lipinski definition) is 4. The van der Waals surface area contributed by atoms with Gasteiger partial charge in [-0.25, -0.2) is 13.6 Å². The lowest BCUT2D eigenvalue weighted by molar-refractivity contribution is 0.0785. The Balaban J connectivity index is 2.08. The van der Waals surface area contributed by atoms with Crippen molar-refractivity contribution < 1.29 is 13.2 Å². The number of rotatable bonds is 4. The van der Waals surface area contributed by atoms with Gasteiger partial charge in [0.05, 0.1) is 11.3 Å². The lowest BCUT2D eigenvalue weighted by Gasteiger charge is -2.18. The van der Waals surface area contributed by atoms with E-state index in [1.807, 2.05) is 24.5 Å². The van der Waals surface area contributed by atoms with Gasteiger partial charge in [-0.05, 0) is 30.7 Å². The van der Waals surface area contributed by atoms with E-state index in [4.69, 9.17) is 5.14 Å². The number of thioether (sulfide) groups is 1. The second-order valence-corrected chi connectivity index (χ2v) is 7.44. The molecule has 0 bridgehead atoms. The zero-order chi connectivity index (χ0) is 14.8. The van der Waals surface area contributed by atoms with Gasteiger partial charge in [0.2, 0.25) is 10.0 Å². The highest BCUT2D eigenvalue weighted by Gasteiger charge is 2.29. The second kappa shape index (κ2) is 6.15. The number of carbonyl (C=O) groups is 1. The number of amides is 1. The summed E-state index contributed by atoms with van der Waals surface area (Å²) in [7, 11) is -3.48. The van der Waals surface area contributed by atoms with Crippen molar-refractivity contribution in [1.29, 1.82) is 0 Å². The molecule has 1 aliphatic rings. The van der Waals surface area contributed by atoms with Crippen molar-refractivity contribution in [1.82, 2.24) is 4.90 Å². The van der Waals surface area contributed by atoms with Gasteiger partial charge in [-0.1, -0.05) is 12.1 Å². The summed E-state index contributed by atoms with van der Waals surface area (Å²) < 4.78 is 22.2. The summed E-state index contributed by atoms with van der Waals surface area (Å²) in [4.78, 5) is 15.1. The molecule has 1 aliphatic heterocycles. The van der Waals surface area contributed by atoms with Gasteiger partial charge < -0.3 is 4.90 Å². The molecule has 0 spiro atoms. The summed E-state index contributed by atoms with van der Waals surface area (Å²) >= 11 is 1.53. The molecule has 0 aliphatic carbocycles. The highest BCUT2D eigenvalue weighted by molar-refractivity contribution is 7.98. The molecule has 0 aromatic heterocycles. The summed E-state index contributed by atoms with van der Waals surface area (Å²) in [5.74, 6) is -0.150. The molecule has 110 valence electrons. The molecule has 0 saturated carbocycles. The Bertz CT molecular complexity index is 601. The molecule has 7 heteroatoms. The zero-order valence-electron chi connectivity index (χ0n) is 11.3. The summed E-state index contributed by atoms with van der Waals surface area (Å²) in [6, 6.07) is 7.46. The first kappa shape index (κ1) is 15.3. The maximum Gasteiger partial charge on any atom is 0.254 e. The SMILES string of the molecule is CSc1ccccc1C(=O)N1CC[C@@H](CS(N)(=O)=O)C1. The van der Waals surface area contributed by atoms with E-state index in [1.165, 1.54) is 11.8 Å². The van der Waals surface area contributed by atoms with Crippen LogP contribution in [0.15, 0.2) is 29.2 Å². The van der Waals surface area contributed by atoms with Crippen LogP contribution in [0.2, 0.25) is 0 Å². The van der Waals surface area contributed by atoms with Crippen LogP contribution in [-0.4, -0.2) is 44.3 Å². The third kappa shape index (κ3) is 3.74. The molecule has 2 N–H and O–H groups in total. The summed E-state index contributed by atoms with van der Waals surface area (Å²) in [6.45, 7) is 1.04. The van der Waals surface area contributed by atoms with Crippen molar-refractivity contribution in [2.45, 2.75) is 11.3 Å². The molecule has 0 unspecified atom stereocenters. The molecular formula is C13H18N2O3S2. The van der Waals surface area contributed by atoms with Gasteiger partial charge in [0.1, 0.15) is 0 Å². The van der Waals surface area contributed by atoms with Crippen LogP contribution in [0.1, 0.15) is 16.8 Å². The Morgan fingerprint density at radius 2 is 2.15 bits per heavy atom. The van der Waals surface area contributed by atoms with Crippen LogP contribution in [0.5, 0.6) is 0 Å². The first-order valence-electron chi connectivity index (χ1n) is 6.33. The van der Waals surface area contributed by atoms with E-state index in [0.29, 0.717) is 25.1 Å². The molecule has 5 nitrogen and oxygen atoms in total. The zero-order valence-corrected chi connectivity index (χ0v) is 12.9. The minimum atomic E-state index is -3.48. The molecule has 1 aromatic carbocycles. The fourth-order valence-electron chi connectivity index (χ4n) is 2.47. The maximum atomic E-state index is 12.5. The third-order valence-electron chi connectivity index (χ3n) is 3.38. The molecule has 20 heavy (non-hydrogen) atoms. The van der Waals surface area contributed by atoms with Crippen molar-refractivity contribution in [2.24, 2.45) is 11.1 Å². The molecule has 1 fully saturated rings. The fraction of sp³-hybridized carbons (Fsp3) is 0.462. The van der Waals surface area contributed by atoms with Gasteiger partial charge >= 0.3 is 0 Å². The molecule has 1 heterocycles. The Kier molecular flexibility index (Phi) is 4.72. The normalized spacial score (nSPS) is 19.3. The summed E-state index contributed by atoms with van der Waals surface area (Å²) in [5, 5.41) is 5.06. The molecule has 1 atom stereocenters. The highest BCUT2D eigenvalue weighted by atomic mass is 32.2. The molecule has 1 amide bonds. The van der Waals surface area contributed by atoms with Crippen LogP contribution in [0, 0.1) is 5.92 Å². The van der Waals surface area contributed by atoms with Gasteiger partial charge in [0.25, 0.3) is 5.91 Å². The van der Waals surface area contributed by atoms with Crippen molar-refractivity contribution in [3.05, 3.63) is 29.8 Å². The summed E-state index contributed by atoms with van der Waals surface area (Å²) in [6.07, 6.45) is 2.61. The maximum absolute atomic E-state index is 12.5. The number of benzene rings is 1. The van der Waals surface area contributed by atoms with E-state index in [-0.39, 0.29) is 17.6 Å². The first-order chi connectivity index (χ1) is 9.40. The van der Waals surface area contributed by atoms with E-state index in [0.717, 1.165) is 4.90 Å². The summed E-state index contributed by atoms with van der Waals surface area (Å²) in [5.41, 5.74) is 0.677. The Hall–Kier alpha value is -1.05. The molecule has 1 aromatic rings. The van der Waals surface area contributed by atoms with Crippen molar-refractivity contribution in [3.8, 4) is 0 Å². The molecule has 1 saturated heterocycles. The minimum absolute atomic E-state index is 0.0353. The predicted octanol–water partition coefficient (Wildman–Crippen LogP) is 1.16. The lowest BCUT2D eigenvalue weighted by atomic mass is 10.1. The predicted molar refractivity (Wildman–Crippen MR) is 80.2 cm³/mol. The second-order valence-electron chi connectivity index (χ2n) is 4.94. The molecule has 2 rings (SSSR count). The first-order valence-corrected chi connectivity index (χ1v) is 9.27. The fourth-order valence-corrected chi connectivity index (χ4v) is 3.99. The van der Waals surface area contributed by atoms with Crippen molar-refractivity contribution in [3.63, 3.8) is 0 Å². The minimum Gasteiger partial charge on any atom is -0.338 e. The van der Waals surface area contributed by atoms with Gasteiger partial charge in [0.15, 0.2) is 0 Å². The Morgan fingerprint density at radius 1 is 1.45 bits per heavy atom. The molecule has 0 radical (unpaired) electrons. The Labute approximate surface area is 123 Å². The monoisotopic (exact) mass is 314 g/mol. The number of nitrogens with two attached hydrogens (primary N) is 1. The van der Waals surface area contributed by atoms with E-state index in [2.05, 4.69) is 0 Å². The largest absolute Gasteiger partial charge is 0.338 e. The molecular weight excluding hydrogens is 296 g/mol. The van der Waals surface area contributed by atoms with Crippen LogP contribution in [0.4, 0.5) is 0 Å². The number of likely N-dealkylation sites (tertiary alicyclic amines) is 1. The number of primary sulfonamides is 1. The van der Waals surface area contributed by atoms with Crippen LogP contribution >= 0.6 is 11.8 Å². The van der Waals surface area contributed by atoms with E-state index in [1.54, 1.807) is 11.0 Å². The smallest absolute Gasteiger partial charge is 0.254 e. The van der Waals surface area contributed by atoms with Crippen LogP contribution in [-0.2, 0) is 10.0 Å². The van der Waals surface area contributed by atoms with Crippen molar-refractivity contribution in [2.75, 3.05) is 25.1 Å². The van der Waals surface area contributed by atoms with E-state index < -0.39 is 10.0 Å². The average Bonchev–Trinajstić information content (AvgIpc) is 2.84. The van der Waals surface area contributed by atoms with Crippen molar-refractivity contribution >= 4 is 27.7 Å². The topological polar surface area (TPSA) is 80.5 Å².